The number of hydrogen-bond donors (Lipinski definition) is 3. The molecule has 0 aromatic carbocycles. The molecule has 5 nitrogen and oxygen atoms in total. The van der Waals surface area contributed by atoms with Gasteiger partial charge in [-0.2, -0.15) is 0 Å². The molecule has 1 rings (SSSR count). The lowest BCUT2D eigenvalue weighted by Gasteiger charge is -2.34. The maximum atomic E-state index is 10.8. The van der Waals surface area contributed by atoms with Crippen molar-refractivity contribution in [1.82, 2.24) is 5.32 Å². The molecule has 1 aliphatic rings. The molecule has 6 heteroatoms. The van der Waals surface area contributed by atoms with Gasteiger partial charge in [-0.3, -0.25) is 9.00 Å². The highest BCUT2D eigenvalue weighted by Crippen LogP contribution is 2.31. The number of nitrogens with one attached hydrogen (secondary N) is 1. The van der Waals surface area contributed by atoms with Crippen LogP contribution in [-0.2, 0) is 15.6 Å². The first-order valence-electron chi connectivity index (χ1n) is 5.89. The summed E-state index contributed by atoms with van der Waals surface area (Å²) in [5.74, 6) is -0.492. The molecule has 1 saturated carbocycles. The van der Waals surface area contributed by atoms with Gasteiger partial charge in [-0.25, -0.2) is 0 Å². The molecular formula is C11H21NO4S. The van der Waals surface area contributed by atoms with Gasteiger partial charge in [0.2, 0.25) is 0 Å². The minimum Gasteiger partial charge on any atom is -0.481 e. The summed E-state index contributed by atoms with van der Waals surface area (Å²) in [6.45, 7) is 1.07. The normalized spacial score (nSPS) is 31.1. The van der Waals surface area contributed by atoms with E-state index in [0.717, 1.165) is 0 Å². The molecule has 0 amide bonds. The van der Waals surface area contributed by atoms with Crippen LogP contribution >= 0.6 is 0 Å². The number of hydrogen-bond acceptors (Lipinski definition) is 4. The molecule has 0 saturated heterocycles. The molecule has 0 bridgehead atoms. The van der Waals surface area contributed by atoms with Gasteiger partial charge in [0.1, 0.15) is 0 Å². The fraction of sp³-hybridized carbons (Fsp3) is 0.909. The van der Waals surface area contributed by atoms with E-state index in [4.69, 9.17) is 5.11 Å². The maximum absolute atomic E-state index is 10.8. The summed E-state index contributed by atoms with van der Waals surface area (Å²) < 4.78 is 10.8. The quantitative estimate of drug-likeness (QED) is 0.585. The van der Waals surface area contributed by atoms with Crippen molar-refractivity contribution in [3.63, 3.8) is 0 Å². The van der Waals surface area contributed by atoms with Crippen molar-refractivity contribution in [2.24, 2.45) is 5.92 Å². The van der Waals surface area contributed by atoms with Crippen molar-refractivity contribution in [1.29, 1.82) is 0 Å². The number of carboxylic acid groups (broad SMARTS) is 1. The Morgan fingerprint density at radius 2 is 2.06 bits per heavy atom. The van der Waals surface area contributed by atoms with Crippen molar-refractivity contribution in [2.45, 2.75) is 31.3 Å². The fourth-order valence-electron chi connectivity index (χ4n) is 2.12. The van der Waals surface area contributed by atoms with Crippen LogP contribution in [0.15, 0.2) is 0 Å². The second kappa shape index (κ2) is 6.47. The molecule has 3 N–H and O–H groups in total. The first kappa shape index (κ1) is 14.6. The van der Waals surface area contributed by atoms with Gasteiger partial charge in [-0.15, -0.1) is 0 Å². The second-order valence-corrected chi connectivity index (χ2v) is 6.35. The van der Waals surface area contributed by atoms with Crippen molar-refractivity contribution in [2.75, 3.05) is 25.1 Å². The van der Waals surface area contributed by atoms with E-state index in [1.807, 2.05) is 0 Å². The number of aliphatic hydroxyl groups is 1. The Morgan fingerprint density at radius 1 is 1.47 bits per heavy atom. The van der Waals surface area contributed by atoms with Gasteiger partial charge in [-0.1, -0.05) is 0 Å². The summed E-state index contributed by atoms with van der Waals surface area (Å²) in [5, 5.41) is 22.1. The van der Waals surface area contributed by atoms with Gasteiger partial charge in [0.05, 0.1) is 11.5 Å². The van der Waals surface area contributed by atoms with E-state index >= 15 is 0 Å². The zero-order valence-corrected chi connectivity index (χ0v) is 11.0. The first-order valence-corrected chi connectivity index (χ1v) is 7.62. The van der Waals surface area contributed by atoms with Gasteiger partial charge in [-0.05, 0) is 25.7 Å². The van der Waals surface area contributed by atoms with Gasteiger partial charge in [0.15, 0.2) is 0 Å². The molecule has 0 spiro atoms. The molecule has 1 atom stereocenters. The predicted molar refractivity (Wildman–Crippen MR) is 66.3 cm³/mol. The molecule has 1 fully saturated rings. The zero-order chi connectivity index (χ0) is 12.9. The molecule has 1 unspecified atom stereocenters. The Labute approximate surface area is 104 Å². The lowest BCUT2D eigenvalue weighted by Crippen LogP contribution is -2.45. The topological polar surface area (TPSA) is 86.6 Å². The third-order valence-corrected chi connectivity index (χ3v) is 4.06. The van der Waals surface area contributed by atoms with E-state index in [1.54, 1.807) is 6.26 Å². The van der Waals surface area contributed by atoms with E-state index < -0.39 is 22.4 Å². The van der Waals surface area contributed by atoms with E-state index in [2.05, 4.69) is 5.32 Å². The average molecular weight is 263 g/mol. The van der Waals surface area contributed by atoms with Crippen LogP contribution in [0.25, 0.3) is 0 Å². The standard InChI is InChI=1S/C11H21NO4S/c1-17(16)7-6-12-8-11(15)4-2-9(3-5-11)10(13)14/h9,12,15H,2-8H2,1H3,(H,13,14). The number of rotatable bonds is 6. The largest absolute Gasteiger partial charge is 0.481 e. The molecule has 0 aromatic heterocycles. The molecule has 0 aromatic rings. The number of carbonyl (C=O) groups is 1. The van der Waals surface area contributed by atoms with Crippen LogP contribution in [0, 0.1) is 5.92 Å². The maximum Gasteiger partial charge on any atom is 0.306 e. The van der Waals surface area contributed by atoms with Crippen LogP contribution in [0.1, 0.15) is 25.7 Å². The van der Waals surface area contributed by atoms with Gasteiger partial charge < -0.3 is 15.5 Å². The summed E-state index contributed by atoms with van der Waals surface area (Å²) in [6.07, 6.45) is 3.76. The smallest absolute Gasteiger partial charge is 0.306 e. The third-order valence-electron chi connectivity index (χ3n) is 3.29. The summed E-state index contributed by atoms with van der Waals surface area (Å²) in [6, 6.07) is 0. The molecule has 100 valence electrons. The minimum absolute atomic E-state index is 0.307. The average Bonchev–Trinajstić information content (AvgIpc) is 2.25. The minimum atomic E-state index is -0.819. The lowest BCUT2D eigenvalue weighted by molar-refractivity contribution is -0.144. The zero-order valence-electron chi connectivity index (χ0n) is 10.1. The summed E-state index contributed by atoms with van der Waals surface area (Å²) in [4.78, 5) is 10.8. The second-order valence-electron chi connectivity index (χ2n) is 4.79. The van der Waals surface area contributed by atoms with Gasteiger partial charge >= 0.3 is 5.97 Å². The Bertz CT molecular complexity index is 287. The highest BCUT2D eigenvalue weighted by Gasteiger charge is 2.35. The number of aliphatic carboxylic acids is 1. The predicted octanol–water partition coefficient (Wildman–Crippen LogP) is -0.0396. The van der Waals surface area contributed by atoms with Crippen LogP contribution in [0.2, 0.25) is 0 Å². The molecular weight excluding hydrogens is 242 g/mol. The monoisotopic (exact) mass is 263 g/mol. The Hall–Kier alpha value is -0.460. The summed E-state index contributed by atoms with van der Waals surface area (Å²) >= 11 is 0. The van der Waals surface area contributed by atoms with Crippen LogP contribution in [0.3, 0.4) is 0 Å². The van der Waals surface area contributed by atoms with E-state index in [0.29, 0.717) is 44.5 Å². The molecule has 0 heterocycles. The van der Waals surface area contributed by atoms with Crippen molar-refractivity contribution >= 4 is 16.8 Å². The van der Waals surface area contributed by atoms with Crippen molar-refractivity contribution in [3.05, 3.63) is 0 Å². The van der Waals surface area contributed by atoms with Crippen molar-refractivity contribution in [3.8, 4) is 0 Å². The SMILES string of the molecule is CS(=O)CCNCC1(O)CCC(C(=O)O)CC1. The Morgan fingerprint density at radius 3 is 2.53 bits per heavy atom. The highest BCUT2D eigenvalue weighted by molar-refractivity contribution is 7.84. The highest BCUT2D eigenvalue weighted by atomic mass is 32.2. The molecule has 0 aliphatic heterocycles. The van der Waals surface area contributed by atoms with E-state index in [9.17, 15) is 14.1 Å². The molecule has 17 heavy (non-hydrogen) atoms. The van der Waals surface area contributed by atoms with Crippen LogP contribution in [0.4, 0.5) is 0 Å². The van der Waals surface area contributed by atoms with Crippen molar-refractivity contribution < 1.29 is 19.2 Å². The van der Waals surface area contributed by atoms with Crippen LogP contribution in [-0.4, -0.2) is 51.1 Å². The van der Waals surface area contributed by atoms with Crippen LogP contribution in [0.5, 0.6) is 0 Å². The summed E-state index contributed by atoms with van der Waals surface area (Å²) in [7, 11) is -0.819. The van der Waals surface area contributed by atoms with Gasteiger partial charge in [0.25, 0.3) is 0 Å². The number of carboxylic acids is 1. The third kappa shape index (κ3) is 5.14. The molecule has 1 aliphatic carbocycles. The summed E-state index contributed by atoms with van der Waals surface area (Å²) in [5.41, 5.74) is -0.790. The first-order chi connectivity index (χ1) is 7.93. The fourth-order valence-corrected chi connectivity index (χ4v) is 2.55. The van der Waals surface area contributed by atoms with E-state index in [1.165, 1.54) is 0 Å². The van der Waals surface area contributed by atoms with E-state index in [-0.39, 0.29) is 5.92 Å². The van der Waals surface area contributed by atoms with Gasteiger partial charge in [0, 0.05) is 35.9 Å². The Kier molecular flexibility index (Phi) is 5.55. The molecule has 0 radical (unpaired) electrons. The van der Waals surface area contributed by atoms with Crippen LogP contribution < -0.4 is 5.32 Å². The lowest BCUT2D eigenvalue weighted by atomic mass is 9.79. The Balaban J connectivity index is 2.25.